The van der Waals surface area contributed by atoms with Crippen LogP contribution in [-0.2, 0) is 21.1 Å². The highest BCUT2D eigenvalue weighted by molar-refractivity contribution is 7.09. The van der Waals surface area contributed by atoms with Crippen LogP contribution in [0.1, 0.15) is 52.9 Å². The second kappa shape index (κ2) is 10.1. The van der Waals surface area contributed by atoms with E-state index in [4.69, 9.17) is 4.74 Å². The number of hydrogen-bond acceptors (Lipinski definition) is 7. The number of carbonyl (C=O) groups is 1. The summed E-state index contributed by atoms with van der Waals surface area (Å²) in [4.78, 5) is 18.1. The van der Waals surface area contributed by atoms with E-state index in [2.05, 4.69) is 47.3 Å². The van der Waals surface area contributed by atoms with Gasteiger partial charge < -0.3 is 15.0 Å². The second-order valence-corrected chi connectivity index (χ2v) is 9.84. The molecular weight excluding hydrogens is 441 g/mol. The lowest BCUT2D eigenvalue weighted by Crippen LogP contribution is -2.33. The molecule has 6 nitrogen and oxygen atoms in total. The Kier molecular flexibility index (Phi) is 8.14. The largest absolute Gasteiger partial charge is 0.468 e. The lowest BCUT2D eigenvalue weighted by molar-refractivity contribution is -0.146. The molecule has 0 fully saturated rings. The van der Waals surface area contributed by atoms with Crippen LogP contribution in [0.25, 0.3) is 0 Å². The van der Waals surface area contributed by atoms with E-state index in [1.165, 1.54) is 7.11 Å². The highest BCUT2D eigenvalue weighted by atomic mass is 32.1. The molecule has 10 heteroatoms. The molecule has 1 heterocycles. The first-order valence-electron chi connectivity index (χ1n) is 10.4. The van der Waals surface area contributed by atoms with E-state index >= 15 is 0 Å². The predicted molar refractivity (Wildman–Crippen MR) is 122 cm³/mol. The third kappa shape index (κ3) is 6.34. The molecule has 0 aliphatic rings. The second-order valence-electron chi connectivity index (χ2n) is 9.09. The summed E-state index contributed by atoms with van der Waals surface area (Å²) in [5, 5.41) is 3.04. The van der Waals surface area contributed by atoms with Crippen LogP contribution >= 0.6 is 11.5 Å². The van der Waals surface area contributed by atoms with Crippen molar-refractivity contribution in [3.63, 3.8) is 0 Å². The Morgan fingerprint density at radius 1 is 1.16 bits per heavy atom. The summed E-state index contributed by atoms with van der Waals surface area (Å²) in [5.74, 6) is -0.858. The molecule has 0 spiro atoms. The number of alkyl halides is 3. The number of benzene rings is 1. The molecule has 1 aromatic heterocycles. The minimum atomic E-state index is -4.62. The van der Waals surface area contributed by atoms with Crippen molar-refractivity contribution in [2.45, 2.75) is 53.1 Å². The quantitative estimate of drug-likeness (QED) is 0.461. The van der Waals surface area contributed by atoms with Crippen LogP contribution in [0.3, 0.4) is 0 Å². The third-order valence-electron chi connectivity index (χ3n) is 4.85. The molecule has 1 N–H and O–H groups in total. The summed E-state index contributed by atoms with van der Waals surface area (Å²) in [6, 6.07) is 5.51. The van der Waals surface area contributed by atoms with Gasteiger partial charge in [0.05, 0.1) is 23.9 Å². The molecule has 0 radical (unpaired) electrons. The maximum absolute atomic E-state index is 13.0. The lowest BCUT2D eigenvalue weighted by atomic mass is 9.84. The summed E-state index contributed by atoms with van der Waals surface area (Å²) in [5.41, 5.74) is 1.11. The number of nitrogens with zero attached hydrogens (tertiary/aromatic N) is 3. The Balaban J connectivity index is 2.57. The zero-order chi connectivity index (χ0) is 24.3. The molecule has 0 bridgehead atoms. The Bertz CT molecular complexity index is 916. The topological polar surface area (TPSA) is 67.3 Å². The van der Waals surface area contributed by atoms with Crippen molar-refractivity contribution in [3.8, 4) is 0 Å². The Morgan fingerprint density at radius 2 is 1.75 bits per heavy atom. The predicted octanol–water partition coefficient (Wildman–Crippen LogP) is 5.87. The average molecular weight is 473 g/mol. The number of halogens is 3. The molecule has 1 aromatic carbocycles. The van der Waals surface area contributed by atoms with Crippen molar-refractivity contribution in [1.82, 2.24) is 9.36 Å². The van der Waals surface area contributed by atoms with Gasteiger partial charge in [0.1, 0.15) is 0 Å². The highest BCUT2D eigenvalue weighted by Gasteiger charge is 2.36. The van der Waals surface area contributed by atoms with Gasteiger partial charge in [0, 0.05) is 24.6 Å². The van der Waals surface area contributed by atoms with E-state index in [0.717, 1.165) is 18.8 Å². The zero-order valence-corrected chi connectivity index (χ0v) is 20.3. The van der Waals surface area contributed by atoms with Crippen molar-refractivity contribution >= 4 is 34.0 Å². The SMILES string of the molecule is COC(=O)C(C)(C)c1ccc(N(CC(C)C)CC(C)C)c(Nc2nc(C(F)(F)F)ns2)c1. The van der Waals surface area contributed by atoms with Gasteiger partial charge in [0.25, 0.3) is 0 Å². The van der Waals surface area contributed by atoms with Gasteiger partial charge in [-0.1, -0.05) is 33.8 Å². The van der Waals surface area contributed by atoms with Crippen molar-refractivity contribution in [2.24, 2.45) is 11.8 Å². The fourth-order valence-corrected chi connectivity index (χ4v) is 3.93. The number of esters is 1. The molecule has 0 unspecified atom stereocenters. The molecule has 0 saturated heterocycles. The molecule has 2 rings (SSSR count). The standard InChI is InChI=1S/C22H31F3N4O2S/c1-13(2)11-29(12-14(3)4)17-9-8-15(21(5,6)19(30)31-7)10-16(17)26-20-27-18(28-32-20)22(23,24)25/h8-10,13-14H,11-12H2,1-7H3,(H,26,27,28). The van der Waals surface area contributed by atoms with Gasteiger partial charge in [0.2, 0.25) is 11.0 Å². The molecule has 32 heavy (non-hydrogen) atoms. The van der Waals surface area contributed by atoms with Crippen molar-refractivity contribution in [3.05, 3.63) is 29.6 Å². The summed E-state index contributed by atoms with van der Waals surface area (Å²) in [6.07, 6.45) is -4.62. The van der Waals surface area contributed by atoms with Crippen LogP contribution in [0.15, 0.2) is 18.2 Å². The number of anilines is 3. The number of hydrogen-bond donors (Lipinski definition) is 1. The maximum Gasteiger partial charge on any atom is 0.452 e. The first-order valence-corrected chi connectivity index (χ1v) is 11.2. The van der Waals surface area contributed by atoms with Gasteiger partial charge >= 0.3 is 12.1 Å². The van der Waals surface area contributed by atoms with Crippen LogP contribution in [0.5, 0.6) is 0 Å². The molecule has 0 amide bonds. The molecule has 0 aliphatic heterocycles. The van der Waals surface area contributed by atoms with E-state index in [-0.39, 0.29) is 5.13 Å². The first-order chi connectivity index (χ1) is 14.8. The Labute approximate surface area is 191 Å². The number of methoxy groups -OCH3 is 1. The monoisotopic (exact) mass is 472 g/mol. The van der Waals surface area contributed by atoms with Crippen LogP contribution in [-0.4, -0.2) is 35.5 Å². The van der Waals surface area contributed by atoms with E-state index in [1.54, 1.807) is 19.9 Å². The van der Waals surface area contributed by atoms with Crippen LogP contribution < -0.4 is 10.2 Å². The van der Waals surface area contributed by atoms with Gasteiger partial charge in [-0.25, -0.2) is 0 Å². The Hall–Kier alpha value is -2.36. The third-order valence-corrected chi connectivity index (χ3v) is 5.48. The fourth-order valence-electron chi connectivity index (χ4n) is 3.33. The van der Waals surface area contributed by atoms with Crippen LogP contribution in [0.2, 0.25) is 0 Å². The van der Waals surface area contributed by atoms with Crippen molar-refractivity contribution < 1.29 is 22.7 Å². The molecule has 0 atom stereocenters. The number of nitrogens with one attached hydrogen (secondary N) is 1. The summed E-state index contributed by atoms with van der Waals surface area (Å²) in [6.45, 7) is 13.4. The molecule has 178 valence electrons. The fraction of sp³-hybridized carbons (Fsp3) is 0.591. The molecule has 0 saturated carbocycles. The van der Waals surface area contributed by atoms with Gasteiger partial charge in [0.15, 0.2) is 0 Å². The number of carbonyl (C=O) groups excluding carboxylic acids is 1. The van der Waals surface area contributed by atoms with Crippen molar-refractivity contribution in [1.29, 1.82) is 0 Å². The van der Waals surface area contributed by atoms with Gasteiger partial charge in [-0.05, 0) is 43.4 Å². The van der Waals surface area contributed by atoms with Crippen molar-refractivity contribution in [2.75, 3.05) is 30.4 Å². The van der Waals surface area contributed by atoms with Crippen LogP contribution in [0, 0.1) is 11.8 Å². The normalized spacial score (nSPS) is 12.4. The summed E-state index contributed by atoms with van der Waals surface area (Å²) >= 11 is 0.641. The minimum absolute atomic E-state index is 0.0284. The lowest BCUT2D eigenvalue weighted by Gasteiger charge is -2.31. The van der Waals surface area contributed by atoms with Gasteiger partial charge in [-0.2, -0.15) is 22.5 Å². The first kappa shape index (κ1) is 25.9. The minimum Gasteiger partial charge on any atom is -0.468 e. The van der Waals surface area contributed by atoms with E-state index in [0.29, 0.717) is 34.6 Å². The molecule has 0 aliphatic carbocycles. The smallest absolute Gasteiger partial charge is 0.452 e. The zero-order valence-electron chi connectivity index (χ0n) is 19.5. The highest BCUT2D eigenvalue weighted by Crippen LogP contribution is 2.37. The number of ether oxygens (including phenoxy) is 1. The van der Waals surface area contributed by atoms with E-state index in [9.17, 15) is 18.0 Å². The van der Waals surface area contributed by atoms with E-state index < -0.39 is 23.4 Å². The Morgan fingerprint density at radius 3 is 2.22 bits per heavy atom. The molecular formula is C22H31F3N4O2S. The van der Waals surface area contributed by atoms with E-state index in [1.807, 2.05) is 12.1 Å². The van der Waals surface area contributed by atoms with Crippen LogP contribution in [0.4, 0.5) is 29.7 Å². The maximum atomic E-state index is 13.0. The molecule has 2 aromatic rings. The number of rotatable bonds is 9. The average Bonchev–Trinajstić information content (AvgIpc) is 3.15. The summed E-state index contributed by atoms with van der Waals surface area (Å²) < 4.78 is 47.3. The number of aromatic nitrogens is 2. The van der Waals surface area contributed by atoms with Gasteiger partial charge in [-0.15, -0.1) is 0 Å². The summed E-state index contributed by atoms with van der Waals surface area (Å²) in [7, 11) is 1.32. The van der Waals surface area contributed by atoms with Gasteiger partial charge in [-0.3, -0.25) is 4.79 Å².